The van der Waals surface area contributed by atoms with Crippen molar-refractivity contribution < 1.29 is 48.4 Å². The van der Waals surface area contributed by atoms with E-state index < -0.39 is 71.8 Å². The first kappa shape index (κ1) is 46.8. The Labute approximate surface area is 342 Å². The Bertz CT molecular complexity index is 1820. The summed E-state index contributed by atoms with van der Waals surface area (Å²) in [4.78, 5) is 74.2. The lowest BCUT2D eigenvalue weighted by molar-refractivity contribution is -0.164. The number of nitrogens with zero attached hydrogens (tertiary/aromatic N) is 3. The van der Waals surface area contributed by atoms with Crippen molar-refractivity contribution in [3.63, 3.8) is 0 Å². The summed E-state index contributed by atoms with van der Waals surface area (Å²) >= 11 is 0. The number of likely N-dealkylation sites (N-methyl/N-ethyl adjacent to an activating group) is 3. The van der Waals surface area contributed by atoms with E-state index >= 15 is 0 Å². The molecule has 0 saturated heterocycles. The Balaban J connectivity index is 1.92. The van der Waals surface area contributed by atoms with Gasteiger partial charge in [-0.15, -0.1) is 0 Å². The van der Waals surface area contributed by atoms with Crippen molar-refractivity contribution in [3.8, 4) is 17.2 Å². The van der Waals surface area contributed by atoms with E-state index in [9.17, 15) is 34.2 Å². The summed E-state index contributed by atoms with van der Waals surface area (Å²) in [5.74, 6) is -3.22. The van der Waals surface area contributed by atoms with Crippen LogP contribution < -0.4 is 10.1 Å². The van der Waals surface area contributed by atoms with Crippen molar-refractivity contribution in [2.75, 3.05) is 42.4 Å². The van der Waals surface area contributed by atoms with Crippen molar-refractivity contribution in [3.05, 3.63) is 89.5 Å². The maximum absolute atomic E-state index is 14.5. The average Bonchev–Trinajstić information content (AvgIpc) is 3.21. The van der Waals surface area contributed by atoms with Gasteiger partial charge in [0.2, 0.25) is 11.8 Å². The second-order valence-electron chi connectivity index (χ2n) is 15.2. The third kappa shape index (κ3) is 12.7. The van der Waals surface area contributed by atoms with Gasteiger partial charge >= 0.3 is 11.9 Å². The third-order valence-corrected chi connectivity index (χ3v) is 10.5. The molecule has 0 spiro atoms. The Hall–Kier alpha value is -5.63. The number of hydrogen-bond donors (Lipinski definition) is 3. The van der Waals surface area contributed by atoms with Gasteiger partial charge in [-0.25, -0.2) is 4.79 Å². The van der Waals surface area contributed by atoms with Crippen molar-refractivity contribution in [2.24, 2.45) is 11.8 Å². The molecule has 0 aromatic heterocycles. The Morgan fingerprint density at radius 2 is 1.09 bits per heavy atom. The van der Waals surface area contributed by atoms with Gasteiger partial charge in [0.1, 0.15) is 41.4 Å². The highest BCUT2D eigenvalue weighted by Gasteiger charge is 2.40. The number of methoxy groups -OCH3 is 2. The summed E-state index contributed by atoms with van der Waals surface area (Å²) < 4.78 is 16.3. The number of aromatic hydroxyl groups is 2. The number of hydrogen-bond acceptors (Lipinski definition) is 11. The highest BCUT2D eigenvalue weighted by molar-refractivity contribution is 5.95. The van der Waals surface area contributed by atoms with Crippen molar-refractivity contribution in [1.29, 1.82) is 0 Å². The first-order chi connectivity index (χ1) is 27.4. The number of benzene rings is 3. The Morgan fingerprint density at radius 1 is 0.638 bits per heavy atom. The molecule has 6 atom stereocenters. The molecule has 58 heavy (non-hydrogen) atoms. The van der Waals surface area contributed by atoms with E-state index in [0.717, 1.165) is 5.56 Å². The van der Waals surface area contributed by atoms with Gasteiger partial charge in [0, 0.05) is 32.9 Å². The summed E-state index contributed by atoms with van der Waals surface area (Å²) in [5.41, 5.74) is 2.15. The van der Waals surface area contributed by atoms with Gasteiger partial charge in [-0.2, -0.15) is 0 Å². The van der Waals surface area contributed by atoms with E-state index in [1.807, 2.05) is 19.1 Å². The van der Waals surface area contributed by atoms with Crippen molar-refractivity contribution in [2.45, 2.75) is 83.6 Å². The van der Waals surface area contributed by atoms with E-state index in [4.69, 9.17) is 14.2 Å². The number of amides is 3. The van der Waals surface area contributed by atoms with E-state index in [2.05, 4.69) is 5.32 Å². The number of carbonyl (C=O) groups is 5. The van der Waals surface area contributed by atoms with E-state index in [0.29, 0.717) is 29.7 Å². The minimum absolute atomic E-state index is 0.00475. The highest BCUT2D eigenvalue weighted by Crippen LogP contribution is 2.22. The largest absolute Gasteiger partial charge is 0.508 e. The van der Waals surface area contributed by atoms with Crippen LogP contribution in [-0.4, -0.2) is 127 Å². The number of rotatable bonds is 20. The Kier molecular flexibility index (Phi) is 17.5. The van der Waals surface area contributed by atoms with Crippen LogP contribution in [0.1, 0.15) is 50.8 Å². The minimum Gasteiger partial charge on any atom is -0.508 e. The zero-order valence-electron chi connectivity index (χ0n) is 35.3. The number of nitrogens with one attached hydrogen (secondary N) is 1. The van der Waals surface area contributed by atoms with Gasteiger partial charge < -0.3 is 39.5 Å². The fourth-order valence-corrected chi connectivity index (χ4v) is 6.43. The van der Waals surface area contributed by atoms with Crippen LogP contribution in [0.2, 0.25) is 0 Å². The first-order valence-electron chi connectivity index (χ1n) is 19.4. The highest BCUT2D eigenvalue weighted by atomic mass is 16.6. The number of phenols is 2. The van der Waals surface area contributed by atoms with Gasteiger partial charge in [-0.1, -0.05) is 64.1 Å². The lowest BCUT2D eigenvalue weighted by Gasteiger charge is -2.36. The quantitative estimate of drug-likeness (QED) is 0.141. The van der Waals surface area contributed by atoms with Crippen LogP contribution in [0.5, 0.6) is 17.2 Å². The maximum Gasteiger partial charge on any atom is 0.328 e. The molecule has 0 aliphatic rings. The summed E-state index contributed by atoms with van der Waals surface area (Å²) in [5, 5.41) is 22.6. The normalized spacial score (nSPS) is 14.3. The van der Waals surface area contributed by atoms with Crippen molar-refractivity contribution in [1.82, 2.24) is 20.0 Å². The monoisotopic (exact) mass is 804 g/mol. The molecule has 0 radical (unpaired) electrons. The predicted molar refractivity (Wildman–Crippen MR) is 219 cm³/mol. The topological polar surface area (TPSA) is 175 Å². The second kappa shape index (κ2) is 21.8. The van der Waals surface area contributed by atoms with Gasteiger partial charge in [0.15, 0.2) is 6.10 Å². The summed E-state index contributed by atoms with van der Waals surface area (Å²) in [6, 6.07) is 15.6. The van der Waals surface area contributed by atoms with E-state index in [1.165, 1.54) is 55.3 Å². The molecular weight excluding hydrogens is 745 g/mol. The molecule has 0 aliphatic heterocycles. The Morgan fingerprint density at radius 3 is 1.52 bits per heavy atom. The molecule has 0 bridgehead atoms. The molecule has 3 rings (SSSR count). The first-order valence-corrected chi connectivity index (χ1v) is 19.4. The molecule has 3 aromatic carbocycles. The average molecular weight is 805 g/mol. The number of phenolic OH excluding ortho intramolecular Hbond substituents is 2. The molecule has 14 nitrogen and oxygen atoms in total. The minimum atomic E-state index is -1.23. The fraction of sp³-hybridized carbons (Fsp3) is 0.477. The molecule has 1 unspecified atom stereocenters. The number of ether oxygens (including phenoxy) is 3. The maximum atomic E-state index is 14.5. The molecule has 0 heterocycles. The lowest BCUT2D eigenvalue weighted by atomic mass is 9.96. The lowest BCUT2D eigenvalue weighted by Crippen LogP contribution is -2.59. The summed E-state index contributed by atoms with van der Waals surface area (Å²) in [6.45, 7) is 7.18. The van der Waals surface area contributed by atoms with Crippen molar-refractivity contribution >= 4 is 29.7 Å². The molecule has 0 saturated carbocycles. The van der Waals surface area contributed by atoms with Crippen LogP contribution >= 0.6 is 0 Å². The van der Waals surface area contributed by atoms with E-state index in [-0.39, 0.29) is 24.3 Å². The predicted octanol–water partition coefficient (Wildman–Crippen LogP) is 3.99. The second-order valence-corrected chi connectivity index (χ2v) is 15.2. The zero-order valence-corrected chi connectivity index (χ0v) is 35.3. The van der Waals surface area contributed by atoms with Gasteiger partial charge in [-0.05, 0) is 85.9 Å². The standard InChI is InChI=1S/C44H60N4O10/c1-11-28(4)39(58-44(55)36(46(5)6)25-31-16-22-34(56-9)23-17-31)40(51)45-38(27(2)3)42(53)47(7)35(24-29-12-18-32(49)19-13-29)41(52)48(8)37(43(54)57-10)26-30-14-20-33(50)21-15-30/h12-23,27-28,35-39,49-50H,11,24-26H2,1-10H3,(H,45,51)/t28-,35?,36+,37-,38-,39+/m0/s1. The van der Waals surface area contributed by atoms with Crippen LogP contribution in [-0.2, 0) is 52.7 Å². The third-order valence-electron chi connectivity index (χ3n) is 10.5. The van der Waals surface area contributed by atoms with Crippen LogP contribution in [0.3, 0.4) is 0 Å². The molecule has 3 amide bonds. The van der Waals surface area contributed by atoms with Crippen LogP contribution in [0.4, 0.5) is 0 Å². The molecule has 316 valence electrons. The van der Waals surface area contributed by atoms with Gasteiger partial charge in [0.25, 0.3) is 5.91 Å². The van der Waals surface area contributed by atoms with Gasteiger partial charge in [-0.3, -0.25) is 24.1 Å². The number of esters is 2. The number of carbonyl (C=O) groups excluding carboxylic acids is 5. The van der Waals surface area contributed by atoms with Crippen LogP contribution in [0.15, 0.2) is 72.8 Å². The molecular formula is C44H60N4O10. The smallest absolute Gasteiger partial charge is 0.328 e. The molecule has 3 N–H and O–H groups in total. The van der Waals surface area contributed by atoms with Crippen LogP contribution in [0.25, 0.3) is 0 Å². The summed E-state index contributed by atoms with van der Waals surface area (Å²) in [7, 11) is 9.21. The molecule has 14 heteroatoms. The molecule has 0 fully saturated rings. The SMILES string of the molecule is CC[C@H](C)[C@@H](OC(=O)[C@@H](Cc1ccc(OC)cc1)N(C)C)C(=O)N[C@H](C(=O)N(C)C(Cc1ccc(O)cc1)C(=O)N(C)[C@@H](Cc1ccc(O)cc1)C(=O)OC)C(C)C. The zero-order chi connectivity index (χ0) is 43.3. The molecule has 3 aromatic rings. The molecule has 0 aliphatic carbocycles. The fourth-order valence-electron chi connectivity index (χ4n) is 6.43. The van der Waals surface area contributed by atoms with E-state index in [1.54, 1.807) is 83.3 Å². The summed E-state index contributed by atoms with van der Waals surface area (Å²) in [6.07, 6.45) is -0.341. The van der Waals surface area contributed by atoms with Crippen LogP contribution in [0, 0.1) is 11.8 Å². The van der Waals surface area contributed by atoms with Gasteiger partial charge in [0.05, 0.1) is 14.2 Å².